The smallest absolute Gasteiger partial charge is 0.330 e. The molecule has 0 bridgehead atoms. The molecule has 0 saturated heterocycles. The normalized spacial score (nSPS) is 13.3. The molecular weight excluding hydrogens is 508 g/mol. The molecule has 0 aliphatic carbocycles. The monoisotopic (exact) mass is 522 g/mol. The predicted octanol–water partition coefficient (Wildman–Crippen LogP) is 7.06. The van der Waals surface area contributed by atoms with Gasteiger partial charge in [-0.15, -0.1) is 11.3 Å². The third-order valence-corrected chi connectivity index (χ3v) is 7.66. The molecule has 1 aromatic rings. The van der Waals surface area contributed by atoms with Crippen molar-refractivity contribution in [2.75, 3.05) is 6.61 Å². The van der Waals surface area contributed by atoms with E-state index in [1.54, 1.807) is 18.3 Å². The van der Waals surface area contributed by atoms with E-state index in [9.17, 15) is 4.79 Å². The summed E-state index contributed by atoms with van der Waals surface area (Å²) >= 11 is 12.2. The highest BCUT2D eigenvalue weighted by Crippen LogP contribution is 2.41. The average Bonchev–Trinajstić information content (AvgIpc) is 2.72. The van der Waals surface area contributed by atoms with Crippen LogP contribution in [0.1, 0.15) is 25.6 Å². The fourth-order valence-corrected chi connectivity index (χ4v) is 4.51. The Labute approximate surface area is 166 Å². The number of carbonyl (C=O) groups is 1. The van der Waals surface area contributed by atoms with E-state index >= 15 is 0 Å². The molecule has 2 nitrogen and oxygen atoms in total. The van der Waals surface area contributed by atoms with Crippen molar-refractivity contribution in [1.82, 2.24) is 0 Å². The largest absolute Gasteiger partial charge is 0.463 e. The molecule has 0 N–H and O–H groups in total. The zero-order chi connectivity index (χ0) is 17.4. The van der Waals surface area contributed by atoms with E-state index in [0.717, 1.165) is 28.8 Å². The second-order valence-electron chi connectivity index (χ2n) is 4.61. The van der Waals surface area contributed by atoms with Gasteiger partial charge in [0, 0.05) is 11.0 Å². The number of thiophene rings is 1. The van der Waals surface area contributed by atoms with Crippen LogP contribution in [0.15, 0.2) is 54.3 Å². The van der Waals surface area contributed by atoms with Gasteiger partial charge in [-0.2, -0.15) is 0 Å². The Morgan fingerprint density at radius 3 is 2.39 bits per heavy atom. The fraction of sp³-hybridized carbons (Fsp3) is 0.235. The number of ether oxygens (including phenoxy) is 1. The minimum Gasteiger partial charge on any atom is -0.463 e. The average molecular weight is 525 g/mol. The molecule has 1 heterocycles. The van der Waals surface area contributed by atoms with Crippen molar-refractivity contribution in [1.29, 1.82) is 0 Å². The summed E-state index contributed by atoms with van der Waals surface area (Å²) in [6.45, 7) is 6.07. The zero-order valence-corrected chi connectivity index (χ0v) is 18.6. The summed E-state index contributed by atoms with van der Waals surface area (Å²) in [5.74, 6) is -0.311. The van der Waals surface area contributed by atoms with E-state index in [2.05, 4.69) is 53.9 Å². The molecule has 0 atom stereocenters. The standard InChI is InChI=1S/C17H17Br3O2S/c1-4-22-14(21)10-12(3)7-5-6-11(2)8-9-13-15(18)16(19)17(20)23-13/h5-10H,4H2,1-3H3/b7-5?,9-8-,11-6?,12-10?. The van der Waals surface area contributed by atoms with Gasteiger partial charge in [-0.05, 0) is 80.2 Å². The summed E-state index contributed by atoms with van der Waals surface area (Å²) in [6.07, 6.45) is 11.4. The Balaban J connectivity index is 2.70. The van der Waals surface area contributed by atoms with E-state index in [0.29, 0.717) is 6.61 Å². The van der Waals surface area contributed by atoms with Crippen molar-refractivity contribution in [3.63, 3.8) is 0 Å². The molecule has 0 saturated carbocycles. The maximum atomic E-state index is 11.3. The fourth-order valence-electron chi connectivity index (χ4n) is 1.52. The Bertz CT molecular complexity index is 682. The maximum Gasteiger partial charge on any atom is 0.330 e. The lowest BCUT2D eigenvalue weighted by molar-refractivity contribution is -0.137. The second kappa shape index (κ2) is 10.4. The van der Waals surface area contributed by atoms with Crippen LogP contribution in [0.3, 0.4) is 0 Å². The number of esters is 1. The van der Waals surface area contributed by atoms with Crippen molar-refractivity contribution in [2.24, 2.45) is 0 Å². The van der Waals surface area contributed by atoms with Crippen LogP contribution in [-0.4, -0.2) is 12.6 Å². The van der Waals surface area contributed by atoms with Crippen LogP contribution < -0.4 is 0 Å². The molecule has 0 aromatic carbocycles. The lowest BCUT2D eigenvalue weighted by Crippen LogP contribution is -1.99. The molecule has 0 spiro atoms. The molecule has 6 heteroatoms. The molecular formula is C17H17Br3O2S. The number of hydrogen-bond donors (Lipinski definition) is 0. The molecule has 1 rings (SSSR count). The summed E-state index contributed by atoms with van der Waals surface area (Å²) in [4.78, 5) is 12.4. The van der Waals surface area contributed by atoms with Crippen LogP contribution >= 0.6 is 59.1 Å². The number of hydrogen-bond acceptors (Lipinski definition) is 3. The highest BCUT2D eigenvalue weighted by atomic mass is 79.9. The van der Waals surface area contributed by atoms with Crippen LogP contribution in [0.25, 0.3) is 6.08 Å². The molecule has 0 amide bonds. The molecule has 0 fully saturated rings. The first-order valence-corrected chi connectivity index (χ1v) is 10.1. The Hall–Kier alpha value is -0.430. The van der Waals surface area contributed by atoms with Crippen LogP contribution in [-0.2, 0) is 9.53 Å². The number of allylic oxidation sites excluding steroid dienone is 6. The number of rotatable bonds is 6. The molecule has 124 valence electrons. The zero-order valence-electron chi connectivity index (χ0n) is 13.0. The lowest BCUT2D eigenvalue weighted by Gasteiger charge is -1.96. The van der Waals surface area contributed by atoms with E-state index in [1.807, 2.05) is 38.2 Å². The van der Waals surface area contributed by atoms with Gasteiger partial charge in [-0.3, -0.25) is 0 Å². The van der Waals surface area contributed by atoms with Gasteiger partial charge >= 0.3 is 5.97 Å². The summed E-state index contributed by atoms with van der Waals surface area (Å²) in [5, 5.41) is 0. The first kappa shape index (κ1) is 20.6. The van der Waals surface area contributed by atoms with Gasteiger partial charge in [-0.1, -0.05) is 29.9 Å². The lowest BCUT2D eigenvalue weighted by atomic mass is 10.2. The molecule has 0 unspecified atom stereocenters. The summed E-state index contributed by atoms with van der Waals surface area (Å²) in [5.41, 5.74) is 1.96. The maximum absolute atomic E-state index is 11.3. The molecule has 0 aliphatic rings. The Morgan fingerprint density at radius 2 is 1.83 bits per heavy atom. The topological polar surface area (TPSA) is 26.3 Å². The minimum atomic E-state index is -0.311. The van der Waals surface area contributed by atoms with Crippen LogP contribution in [0, 0.1) is 0 Å². The number of halogens is 3. The summed E-state index contributed by atoms with van der Waals surface area (Å²) in [7, 11) is 0. The minimum absolute atomic E-state index is 0.311. The Morgan fingerprint density at radius 1 is 1.13 bits per heavy atom. The quantitative estimate of drug-likeness (QED) is 0.226. The van der Waals surface area contributed by atoms with Crippen molar-refractivity contribution >= 4 is 71.2 Å². The molecule has 1 aromatic heterocycles. The third-order valence-electron chi connectivity index (χ3n) is 2.63. The number of carbonyl (C=O) groups excluding carboxylic acids is 1. The van der Waals surface area contributed by atoms with Gasteiger partial charge in [0.25, 0.3) is 0 Å². The first-order chi connectivity index (χ1) is 10.8. The van der Waals surface area contributed by atoms with Gasteiger partial charge < -0.3 is 4.74 Å². The highest BCUT2D eigenvalue weighted by molar-refractivity contribution is 9.14. The molecule has 0 aliphatic heterocycles. The molecule has 23 heavy (non-hydrogen) atoms. The highest BCUT2D eigenvalue weighted by Gasteiger charge is 2.09. The Kier molecular flexibility index (Phi) is 9.36. The van der Waals surface area contributed by atoms with Crippen LogP contribution in [0.2, 0.25) is 0 Å². The van der Waals surface area contributed by atoms with Crippen molar-refractivity contribution in [3.8, 4) is 0 Å². The van der Waals surface area contributed by atoms with Crippen molar-refractivity contribution in [2.45, 2.75) is 20.8 Å². The second-order valence-corrected chi connectivity index (χ2v) is 8.57. The van der Waals surface area contributed by atoms with Gasteiger partial charge in [0.15, 0.2) is 0 Å². The third kappa shape index (κ3) is 7.33. The van der Waals surface area contributed by atoms with Gasteiger partial charge in [0.2, 0.25) is 0 Å². The van der Waals surface area contributed by atoms with Crippen molar-refractivity contribution in [3.05, 3.63) is 59.1 Å². The van der Waals surface area contributed by atoms with Crippen molar-refractivity contribution < 1.29 is 9.53 Å². The SMILES string of the molecule is CCOC(=O)C=C(C)C=CC=C(C)/C=C\c1sc(Br)c(Br)c1Br. The van der Waals surface area contributed by atoms with Gasteiger partial charge in [-0.25, -0.2) is 4.79 Å². The van der Waals surface area contributed by atoms with Crippen LogP contribution in [0.5, 0.6) is 0 Å². The van der Waals surface area contributed by atoms with E-state index in [4.69, 9.17) is 4.74 Å². The predicted molar refractivity (Wildman–Crippen MR) is 110 cm³/mol. The summed E-state index contributed by atoms with van der Waals surface area (Å²) < 4.78 is 8.00. The first-order valence-electron chi connectivity index (χ1n) is 6.86. The van der Waals surface area contributed by atoms with Crippen LogP contribution in [0.4, 0.5) is 0 Å². The van der Waals surface area contributed by atoms with Gasteiger partial charge in [0.05, 0.1) is 19.3 Å². The van der Waals surface area contributed by atoms with E-state index in [1.165, 1.54) is 6.08 Å². The van der Waals surface area contributed by atoms with E-state index < -0.39 is 0 Å². The van der Waals surface area contributed by atoms with E-state index in [-0.39, 0.29) is 5.97 Å². The molecule has 0 radical (unpaired) electrons. The summed E-state index contributed by atoms with van der Waals surface area (Å²) in [6, 6.07) is 0. The van der Waals surface area contributed by atoms with Gasteiger partial charge in [0.1, 0.15) is 0 Å².